The Morgan fingerprint density at radius 3 is 2.86 bits per heavy atom. The highest BCUT2D eigenvalue weighted by atomic mass is 35.5. The van der Waals surface area contributed by atoms with Crippen LogP contribution in [0.4, 0.5) is 4.39 Å². The van der Waals surface area contributed by atoms with Crippen molar-refractivity contribution in [2.24, 2.45) is 10.7 Å². The molecule has 1 aliphatic rings. The van der Waals surface area contributed by atoms with Crippen LogP contribution in [0.1, 0.15) is 0 Å². The summed E-state index contributed by atoms with van der Waals surface area (Å²) in [6.07, 6.45) is 0. The molecular weight excluding hydrogens is 234 g/mol. The van der Waals surface area contributed by atoms with E-state index in [1.807, 2.05) is 0 Å². The molecule has 0 saturated heterocycles. The Hall–Kier alpha value is -0.360. The molecule has 7 heteroatoms. The van der Waals surface area contributed by atoms with Gasteiger partial charge in [0.15, 0.2) is 0 Å². The average Bonchev–Trinajstić information content (AvgIpc) is 2.18. The van der Waals surface area contributed by atoms with Gasteiger partial charge < -0.3 is 15.6 Å². The fourth-order valence-corrected chi connectivity index (χ4v) is 1.34. The second kappa shape index (κ2) is 4.93. The summed E-state index contributed by atoms with van der Waals surface area (Å²) in [6.45, 7) is -0.244. The van der Waals surface area contributed by atoms with E-state index in [1.165, 1.54) is 0 Å². The Morgan fingerprint density at radius 1 is 1.64 bits per heavy atom. The van der Waals surface area contributed by atoms with Crippen LogP contribution in [-0.2, 0) is 4.74 Å². The largest absolute Gasteiger partial charge is 0.474 e. The second-order valence-electron chi connectivity index (χ2n) is 2.59. The van der Waals surface area contributed by atoms with Gasteiger partial charge in [0.1, 0.15) is 12.0 Å². The van der Waals surface area contributed by atoms with Gasteiger partial charge in [-0.2, -0.15) is 9.38 Å². The highest BCUT2D eigenvalue weighted by molar-refractivity contribution is 6.36. The molecular formula is C7H9Cl2FN2O2. The number of hydrogen-bond donors (Lipinski definition) is 2. The number of hydrogen-bond acceptors (Lipinski definition) is 4. The van der Waals surface area contributed by atoms with E-state index in [0.717, 1.165) is 0 Å². The third-order valence-corrected chi connectivity index (χ3v) is 2.44. The molecule has 0 spiro atoms. The quantitative estimate of drug-likeness (QED) is 0.717. The summed E-state index contributed by atoms with van der Waals surface area (Å²) >= 11 is 11.3. The van der Waals surface area contributed by atoms with Gasteiger partial charge >= 0.3 is 0 Å². The van der Waals surface area contributed by atoms with Crippen molar-refractivity contribution in [1.82, 2.24) is 0 Å². The number of rotatable bonds is 3. The van der Waals surface area contributed by atoms with Crippen molar-refractivity contribution >= 4 is 29.2 Å². The van der Waals surface area contributed by atoms with Gasteiger partial charge in [0.25, 0.3) is 0 Å². The minimum Gasteiger partial charge on any atom is -0.474 e. The van der Waals surface area contributed by atoms with Crippen LogP contribution in [0.15, 0.2) is 15.9 Å². The van der Waals surface area contributed by atoms with E-state index >= 15 is 0 Å². The highest BCUT2D eigenvalue weighted by Gasteiger charge is 2.31. The Kier molecular flexibility index (Phi) is 4.12. The van der Waals surface area contributed by atoms with Gasteiger partial charge in [-0.1, -0.05) is 11.6 Å². The lowest BCUT2D eigenvalue weighted by Crippen LogP contribution is -2.38. The second-order valence-corrected chi connectivity index (χ2v) is 3.46. The SMILES string of the molecule is N[C@@H]1C(Cl)=C(OCCO)N=C(F)C1Cl. The molecule has 4 nitrogen and oxygen atoms in total. The summed E-state index contributed by atoms with van der Waals surface area (Å²) < 4.78 is 17.8. The predicted octanol–water partition coefficient (Wildman–Crippen LogP) is 0.720. The van der Waals surface area contributed by atoms with Gasteiger partial charge in [-0.3, -0.25) is 0 Å². The lowest BCUT2D eigenvalue weighted by Gasteiger charge is -2.21. The maximum Gasteiger partial charge on any atom is 0.232 e. The molecule has 0 aliphatic carbocycles. The summed E-state index contributed by atoms with van der Waals surface area (Å²) in [4.78, 5) is 3.38. The summed E-state index contributed by atoms with van der Waals surface area (Å²) in [6, 6.07) is -0.871. The molecule has 1 aliphatic heterocycles. The lowest BCUT2D eigenvalue weighted by atomic mass is 10.2. The molecule has 0 aromatic heterocycles. The normalized spacial score (nSPS) is 27.6. The van der Waals surface area contributed by atoms with E-state index in [0.29, 0.717) is 0 Å². The van der Waals surface area contributed by atoms with Crippen LogP contribution in [0.5, 0.6) is 0 Å². The predicted molar refractivity (Wildman–Crippen MR) is 52.1 cm³/mol. The van der Waals surface area contributed by atoms with Crippen LogP contribution in [0, 0.1) is 0 Å². The van der Waals surface area contributed by atoms with Gasteiger partial charge in [-0.25, -0.2) is 0 Å². The molecule has 0 saturated carbocycles. The van der Waals surface area contributed by atoms with E-state index in [4.69, 9.17) is 38.8 Å². The van der Waals surface area contributed by atoms with Crippen LogP contribution in [-0.4, -0.2) is 35.7 Å². The van der Waals surface area contributed by atoms with Crippen molar-refractivity contribution in [3.05, 3.63) is 10.9 Å². The van der Waals surface area contributed by atoms with Crippen LogP contribution in [0.2, 0.25) is 0 Å². The highest BCUT2D eigenvalue weighted by Crippen LogP contribution is 2.26. The summed E-state index contributed by atoms with van der Waals surface area (Å²) in [5, 5.41) is 7.47. The zero-order chi connectivity index (χ0) is 10.7. The first kappa shape index (κ1) is 11.7. The first-order valence-corrected chi connectivity index (χ1v) is 4.66. The Bertz CT molecular complexity index is 283. The number of aliphatic imine (C=N–C) groups is 1. The molecule has 1 unspecified atom stereocenters. The Morgan fingerprint density at radius 2 is 2.29 bits per heavy atom. The monoisotopic (exact) mass is 242 g/mol. The Labute approximate surface area is 90.1 Å². The maximum absolute atomic E-state index is 13.0. The number of aliphatic hydroxyl groups excluding tert-OH is 1. The molecule has 0 aromatic carbocycles. The zero-order valence-corrected chi connectivity index (χ0v) is 8.59. The molecule has 0 fully saturated rings. The number of nitrogens with zero attached hydrogens (tertiary/aromatic N) is 1. The van der Waals surface area contributed by atoms with Crippen LogP contribution >= 0.6 is 23.2 Å². The van der Waals surface area contributed by atoms with Gasteiger partial charge in [-0.05, 0) is 0 Å². The van der Waals surface area contributed by atoms with Gasteiger partial charge in [-0.15, -0.1) is 11.6 Å². The number of aliphatic hydroxyl groups is 1. The van der Waals surface area contributed by atoms with Gasteiger partial charge in [0, 0.05) is 0 Å². The van der Waals surface area contributed by atoms with E-state index in [1.54, 1.807) is 0 Å². The minimum atomic E-state index is -1.07. The molecule has 80 valence electrons. The number of ether oxygens (including phenoxy) is 1. The summed E-state index contributed by atoms with van der Waals surface area (Å²) in [7, 11) is 0. The van der Waals surface area contributed by atoms with Crippen molar-refractivity contribution in [3.63, 3.8) is 0 Å². The first-order chi connectivity index (χ1) is 6.57. The topological polar surface area (TPSA) is 67.8 Å². The first-order valence-electron chi connectivity index (χ1n) is 3.85. The summed E-state index contributed by atoms with van der Waals surface area (Å²) in [5.74, 6) is -0.959. The van der Waals surface area contributed by atoms with Crippen molar-refractivity contribution in [2.75, 3.05) is 13.2 Å². The number of halogens is 3. The van der Waals surface area contributed by atoms with Crippen LogP contribution < -0.4 is 5.73 Å². The van der Waals surface area contributed by atoms with Crippen LogP contribution in [0.3, 0.4) is 0 Å². The van der Waals surface area contributed by atoms with Gasteiger partial charge in [0.05, 0.1) is 17.7 Å². The summed E-state index contributed by atoms with van der Waals surface area (Å²) in [5.41, 5.74) is 5.49. The smallest absolute Gasteiger partial charge is 0.232 e. The number of alkyl halides is 1. The fraction of sp³-hybridized carbons (Fsp3) is 0.571. The molecule has 0 bridgehead atoms. The molecule has 1 heterocycles. The lowest BCUT2D eigenvalue weighted by molar-refractivity contribution is 0.141. The van der Waals surface area contributed by atoms with Crippen LogP contribution in [0.25, 0.3) is 0 Å². The molecule has 0 radical (unpaired) electrons. The van der Waals surface area contributed by atoms with E-state index in [2.05, 4.69) is 4.99 Å². The molecule has 2 atom stereocenters. The third-order valence-electron chi connectivity index (χ3n) is 1.58. The van der Waals surface area contributed by atoms with E-state index in [9.17, 15) is 4.39 Å². The van der Waals surface area contributed by atoms with Crippen molar-refractivity contribution < 1.29 is 14.2 Å². The molecule has 3 N–H and O–H groups in total. The third kappa shape index (κ3) is 2.36. The van der Waals surface area contributed by atoms with E-state index < -0.39 is 17.4 Å². The molecule has 1 rings (SSSR count). The molecule has 0 aromatic rings. The molecule has 14 heavy (non-hydrogen) atoms. The standard InChI is InChI=1S/C7H9Cl2FN2O2/c8-3-5(11)4(9)7(12-6(3)10)14-2-1-13/h3,5,13H,1-2,11H2/t3?,5-/m0/s1. The van der Waals surface area contributed by atoms with E-state index in [-0.39, 0.29) is 24.1 Å². The maximum atomic E-state index is 13.0. The Balaban J connectivity index is 2.82. The van der Waals surface area contributed by atoms with Gasteiger partial charge in [0.2, 0.25) is 11.8 Å². The van der Waals surface area contributed by atoms with Crippen molar-refractivity contribution in [2.45, 2.75) is 11.4 Å². The van der Waals surface area contributed by atoms with Crippen molar-refractivity contribution in [1.29, 1.82) is 0 Å². The zero-order valence-electron chi connectivity index (χ0n) is 7.08. The number of nitrogens with two attached hydrogens (primary N) is 1. The fourth-order valence-electron chi connectivity index (χ4n) is 0.875. The molecule has 0 amide bonds. The average molecular weight is 243 g/mol. The van der Waals surface area contributed by atoms with Crippen molar-refractivity contribution in [3.8, 4) is 0 Å². The minimum absolute atomic E-state index is 0.0258.